The Balaban J connectivity index is 2.15. The summed E-state index contributed by atoms with van der Waals surface area (Å²) in [6.45, 7) is 4.33. The predicted molar refractivity (Wildman–Crippen MR) is 49.3 cm³/mol. The second-order valence-electron chi connectivity index (χ2n) is 3.04. The normalized spacial score (nSPS) is 26.3. The fourth-order valence-electron chi connectivity index (χ4n) is 1.21. The maximum Gasteiger partial charge on any atom is 0.330 e. The molecule has 0 unspecified atom stereocenters. The first kappa shape index (κ1) is 10.3. The molecule has 0 N–H and O–H groups in total. The minimum Gasteiger partial charge on any atom is -0.463 e. The van der Waals surface area contributed by atoms with Crippen LogP contribution < -0.4 is 0 Å². The first-order valence-corrected chi connectivity index (χ1v) is 4.78. The quantitative estimate of drug-likeness (QED) is 0.370. The van der Waals surface area contributed by atoms with Gasteiger partial charge >= 0.3 is 5.97 Å². The zero-order valence-electron chi connectivity index (χ0n) is 8.16. The van der Waals surface area contributed by atoms with Gasteiger partial charge in [-0.1, -0.05) is 13.3 Å². The van der Waals surface area contributed by atoms with E-state index in [0.717, 1.165) is 12.8 Å². The van der Waals surface area contributed by atoms with E-state index in [9.17, 15) is 4.79 Å². The van der Waals surface area contributed by atoms with Crippen molar-refractivity contribution in [2.45, 2.75) is 38.9 Å². The summed E-state index contributed by atoms with van der Waals surface area (Å²) in [5.41, 5.74) is 0. The monoisotopic (exact) mass is 184 g/mol. The third kappa shape index (κ3) is 3.59. The van der Waals surface area contributed by atoms with Crippen LogP contribution in [0.1, 0.15) is 26.7 Å². The first-order valence-electron chi connectivity index (χ1n) is 4.78. The van der Waals surface area contributed by atoms with Crippen molar-refractivity contribution in [2.24, 2.45) is 0 Å². The van der Waals surface area contributed by atoms with Crippen molar-refractivity contribution in [3.63, 3.8) is 0 Å². The minimum absolute atomic E-state index is 0.143. The largest absolute Gasteiger partial charge is 0.463 e. The molecule has 1 rings (SSSR count). The highest BCUT2D eigenvalue weighted by Crippen LogP contribution is 2.27. The van der Waals surface area contributed by atoms with E-state index in [0.29, 0.717) is 12.7 Å². The van der Waals surface area contributed by atoms with Crippen LogP contribution in [0.3, 0.4) is 0 Å². The van der Waals surface area contributed by atoms with E-state index < -0.39 is 0 Å². The second-order valence-corrected chi connectivity index (χ2v) is 3.04. The number of ether oxygens (including phenoxy) is 2. The van der Waals surface area contributed by atoms with Gasteiger partial charge in [0.2, 0.25) is 0 Å². The Morgan fingerprint density at radius 3 is 2.92 bits per heavy atom. The number of esters is 1. The lowest BCUT2D eigenvalue weighted by Gasteiger charge is -1.92. The SMILES string of the molecule is CCC[C@H]1O[C@H]1/C=C/C(=O)OCC. The van der Waals surface area contributed by atoms with Gasteiger partial charge in [-0.3, -0.25) is 0 Å². The molecule has 0 bridgehead atoms. The van der Waals surface area contributed by atoms with E-state index >= 15 is 0 Å². The number of epoxide rings is 1. The number of hydrogen-bond acceptors (Lipinski definition) is 3. The third-order valence-electron chi connectivity index (χ3n) is 1.90. The molecule has 0 aromatic carbocycles. The van der Waals surface area contributed by atoms with Crippen molar-refractivity contribution in [3.05, 3.63) is 12.2 Å². The van der Waals surface area contributed by atoms with E-state index in [4.69, 9.17) is 9.47 Å². The van der Waals surface area contributed by atoms with Gasteiger partial charge < -0.3 is 9.47 Å². The van der Waals surface area contributed by atoms with Crippen LogP contribution in [-0.2, 0) is 14.3 Å². The highest BCUT2D eigenvalue weighted by Gasteiger charge is 2.35. The van der Waals surface area contributed by atoms with Gasteiger partial charge in [0, 0.05) is 6.08 Å². The summed E-state index contributed by atoms with van der Waals surface area (Å²) < 4.78 is 10.0. The van der Waals surface area contributed by atoms with Crippen molar-refractivity contribution in [2.75, 3.05) is 6.61 Å². The lowest BCUT2D eigenvalue weighted by atomic mass is 10.2. The Labute approximate surface area is 78.7 Å². The smallest absolute Gasteiger partial charge is 0.330 e. The summed E-state index contributed by atoms with van der Waals surface area (Å²) >= 11 is 0. The first-order chi connectivity index (χ1) is 6.27. The fourth-order valence-corrected chi connectivity index (χ4v) is 1.21. The number of carbonyl (C=O) groups excluding carboxylic acids is 1. The van der Waals surface area contributed by atoms with Crippen LogP contribution in [0.2, 0.25) is 0 Å². The van der Waals surface area contributed by atoms with Gasteiger partial charge in [0.15, 0.2) is 0 Å². The van der Waals surface area contributed by atoms with Crippen LogP contribution in [0.15, 0.2) is 12.2 Å². The molecular formula is C10H16O3. The standard InChI is InChI=1S/C10H16O3/c1-3-5-8-9(13-8)6-7-10(11)12-4-2/h6-9H,3-5H2,1-2H3/b7-6+/t8-,9+/m1/s1. The molecule has 3 heteroatoms. The van der Waals surface area contributed by atoms with E-state index in [-0.39, 0.29) is 12.1 Å². The molecule has 0 aliphatic carbocycles. The molecule has 0 radical (unpaired) electrons. The Morgan fingerprint density at radius 1 is 1.54 bits per heavy atom. The van der Waals surface area contributed by atoms with Crippen LogP contribution in [-0.4, -0.2) is 24.8 Å². The average molecular weight is 184 g/mol. The molecule has 74 valence electrons. The van der Waals surface area contributed by atoms with E-state index in [1.54, 1.807) is 13.0 Å². The summed E-state index contributed by atoms with van der Waals surface area (Å²) in [5, 5.41) is 0. The van der Waals surface area contributed by atoms with Gasteiger partial charge in [-0.05, 0) is 19.4 Å². The Hall–Kier alpha value is -0.830. The van der Waals surface area contributed by atoms with E-state index in [1.165, 1.54) is 6.08 Å². The summed E-state index contributed by atoms with van der Waals surface area (Å²) in [4.78, 5) is 10.9. The molecule has 0 aromatic rings. The van der Waals surface area contributed by atoms with Crippen LogP contribution in [0.4, 0.5) is 0 Å². The maximum absolute atomic E-state index is 10.9. The van der Waals surface area contributed by atoms with Crippen LogP contribution in [0.25, 0.3) is 0 Å². The fraction of sp³-hybridized carbons (Fsp3) is 0.700. The average Bonchev–Trinajstić information content (AvgIpc) is 2.82. The lowest BCUT2D eigenvalue weighted by Crippen LogP contribution is -2.00. The maximum atomic E-state index is 10.9. The molecule has 0 saturated carbocycles. The number of rotatable bonds is 5. The van der Waals surface area contributed by atoms with Crippen LogP contribution in [0, 0.1) is 0 Å². The van der Waals surface area contributed by atoms with Crippen molar-refractivity contribution in [1.29, 1.82) is 0 Å². The summed E-state index contributed by atoms with van der Waals surface area (Å²) in [6, 6.07) is 0. The number of carbonyl (C=O) groups is 1. The van der Waals surface area contributed by atoms with E-state index in [2.05, 4.69) is 6.92 Å². The highest BCUT2D eigenvalue weighted by molar-refractivity contribution is 5.82. The second kappa shape index (κ2) is 5.02. The molecule has 1 saturated heterocycles. The molecule has 1 fully saturated rings. The molecule has 2 atom stereocenters. The molecule has 1 aliphatic rings. The van der Waals surface area contributed by atoms with Crippen molar-refractivity contribution < 1.29 is 14.3 Å². The summed E-state index contributed by atoms with van der Waals surface area (Å²) in [7, 11) is 0. The molecule has 1 heterocycles. The lowest BCUT2D eigenvalue weighted by molar-refractivity contribution is -0.137. The molecule has 1 aliphatic heterocycles. The zero-order chi connectivity index (χ0) is 9.68. The van der Waals surface area contributed by atoms with Crippen molar-refractivity contribution >= 4 is 5.97 Å². The van der Waals surface area contributed by atoms with Gasteiger partial charge in [-0.15, -0.1) is 0 Å². The molecule has 3 nitrogen and oxygen atoms in total. The Kier molecular flexibility index (Phi) is 3.96. The van der Waals surface area contributed by atoms with Gasteiger partial charge in [0.25, 0.3) is 0 Å². The van der Waals surface area contributed by atoms with Crippen molar-refractivity contribution in [1.82, 2.24) is 0 Å². The van der Waals surface area contributed by atoms with E-state index in [1.807, 2.05) is 0 Å². The Bertz CT molecular complexity index is 198. The highest BCUT2D eigenvalue weighted by atomic mass is 16.6. The Morgan fingerprint density at radius 2 is 2.31 bits per heavy atom. The zero-order valence-corrected chi connectivity index (χ0v) is 8.16. The van der Waals surface area contributed by atoms with Crippen LogP contribution >= 0.6 is 0 Å². The molecule has 13 heavy (non-hydrogen) atoms. The van der Waals surface area contributed by atoms with Crippen LogP contribution in [0.5, 0.6) is 0 Å². The number of hydrogen-bond donors (Lipinski definition) is 0. The molecular weight excluding hydrogens is 168 g/mol. The topological polar surface area (TPSA) is 38.8 Å². The van der Waals surface area contributed by atoms with Gasteiger partial charge in [-0.25, -0.2) is 4.79 Å². The minimum atomic E-state index is -0.284. The summed E-state index contributed by atoms with van der Waals surface area (Å²) in [6.07, 6.45) is 5.88. The van der Waals surface area contributed by atoms with Crippen molar-refractivity contribution in [3.8, 4) is 0 Å². The molecule has 0 aromatic heterocycles. The molecule has 0 amide bonds. The summed E-state index contributed by atoms with van der Waals surface area (Å²) in [5.74, 6) is -0.284. The molecule has 0 spiro atoms. The van der Waals surface area contributed by atoms with Gasteiger partial charge in [0.05, 0.1) is 12.7 Å². The third-order valence-corrected chi connectivity index (χ3v) is 1.90. The predicted octanol–water partition coefficient (Wildman–Crippen LogP) is 1.67. The van der Waals surface area contributed by atoms with Gasteiger partial charge in [0.1, 0.15) is 6.10 Å². The van der Waals surface area contributed by atoms with Gasteiger partial charge in [-0.2, -0.15) is 0 Å².